The van der Waals surface area contributed by atoms with Crippen LogP contribution in [0.25, 0.3) is 0 Å². The molecule has 0 aromatic heterocycles. The summed E-state index contributed by atoms with van der Waals surface area (Å²) in [7, 11) is 0. The smallest absolute Gasteiger partial charge is 0.0931 e. The minimum absolute atomic E-state index is 0.118. The Bertz CT molecular complexity index is 203. The van der Waals surface area contributed by atoms with Crippen molar-refractivity contribution in [3.8, 4) is 0 Å². The Morgan fingerprint density at radius 1 is 0.545 bits per heavy atom. The van der Waals surface area contributed by atoms with Gasteiger partial charge in [-0.2, -0.15) is 0 Å². The van der Waals surface area contributed by atoms with Gasteiger partial charge in [0, 0.05) is 13.1 Å². The summed E-state index contributed by atoms with van der Waals surface area (Å²) in [5.41, 5.74) is 11.3. The Kier molecular flexibility index (Phi) is 12.8. The van der Waals surface area contributed by atoms with Crippen LogP contribution in [0.4, 0.5) is 0 Å². The lowest BCUT2D eigenvalue weighted by Gasteiger charge is -2.18. The van der Waals surface area contributed by atoms with Crippen LogP contribution in [0.15, 0.2) is 0 Å². The van der Waals surface area contributed by atoms with E-state index in [0.717, 1.165) is 0 Å². The fraction of sp³-hybridized carbons (Fsp3) is 1.00. The second kappa shape index (κ2) is 14.3. The predicted octanol–water partition coefficient (Wildman–Crippen LogP) is -1.25. The van der Waals surface area contributed by atoms with Crippen molar-refractivity contribution in [2.24, 2.45) is 11.5 Å². The Morgan fingerprint density at radius 2 is 0.909 bits per heavy atom. The van der Waals surface area contributed by atoms with Crippen molar-refractivity contribution in [1.82, 2.24) is 0 Å². The molecule has 1 aliphatic heterocycles. The second-order valence-electron chi connectivity index (χ2n) is 4.83. The molecule has 2 atom stereocenters. The molecule has 1 saturated heterocycles. The quantitative estimate of drug-likeness (QED) is 0.650. The summed E-state index contributed by atoms with van der Waals surface area (Å²) in [6.07, 6.45) is -0.236. The molecule has 0 aliphatic carbocycles. The lowest BCUT2D eigenvalue weighted by atomic mass is 10.4. The predicted molar refractivity (Wildman–Crippen MR) is 80.9 cm³/mol. The summed E-state index contributed by atoms with van der Waals surface area (Å²) in [5.74, 6) is 0. The normalized spacial score (nSPS) is 28.6. The van der Waals surface area contributed by atoms with Crippen molar-refractivity contribution < 1.29 is 28.4 Å². The van der Waals surface area contributed by atoms with E-state index in [9.17, 15) is 0 Å². The molecule has 1 heterocycles. The third kappa shape index (κ3) is 10.4. The van der Waals surface area contributed by atoms with Crippen LogP contribution in [0.5, 0.6) is 0 Å². The SMILES string of the molecule is NCC1COCCOCCOC(CN)COCCOCCO1. The number of hydrogen-bond acceptors (Lipinski definition) is 8. The van der Waals surface area contributed by atoms with Gasteiger partial charge < -0.3 is 39.9 Å². The van der Waals surface area contributed by atoms with Gasteiger partial charge in [-0.1, -0.05) is 0 Å². The van der Waals surface area contributed by atoms with Crippen LogP contribution in [0.3, 0.4) is 0 Å². The molecule has 132 valence electrons. The molecule has 0 amide bonds. The highest BCUT2D eigenvalue weighted by Crippen LogP contribution is 1.95. The van der Waals surface area contributed by atoms with E-state index in [-0.39, 0.29) is 12.2 Å². The zero-order valence-corrected chi connectivity index (χ0v) is 13.2. The highest BCUT2D eigenvalue weighted by molar-refractivity contribution is 4.58. The van der Waals surface area contributed by atoms with Crippen molar-refractivity contribution in [3.05, 3.63) is 0 Å². The minimum Gasteiger partial charge on any atom is -0.377 e. The molecule has 0 aromatic rings. The molecule has 8 heteroatoms. The average molecular weight is 322 g/mol. The van der Waals surface area contributed by atoms with E-state index in [4.69, 9.17) is 39.9 Å². The third-order valence-corrected chi connectivity index (χ3v) is 3.04. The molecule has 1 aliphatic rings. The first-order valence-electron chi connectivity index (χ1n) is 7.81. The molecule has 22 heavy (non-hydrogen) atoms. The molecular weight excluding hydrogens is 292 g/mol. The lowest BCUT2D eigenvalue weighted by molar-refractivity contribution is -0.0699. The van der Waals surface area contributed by atoms with Crippen molar-refractivity contribution in [1.29, 1.82) is 0 Å². The Labute approximate surface area is 132 Å². The van der Waals surface area contributed by atoms with Crippen molar-refractivity contribution in [2.75, 3.05) is 79.2 Å². The topological polar surface area (TPSA) is 107 Å². The maximum absolute atomic E-state index is 5.63. The van der Waals surface area contributed by atoms with Crippen molar-refractivity contribution in [3.63, 3.8) is 0 Å². The van der Waals surface area contributed by atoms with Crippen LogP contribution < -0.4 is 11.5 Å². The maximum atomic E-state index is 5.63. The van der Waals surface area contributed by atoms with E-state index in [1.54, 1.807) is 0 Å². The van der Waals surface area contributed by atoms with Crippen LogP contribution in [0.1, 0.15) is 0 Å². The number of ether oxygens (including phenoxy) is 6. The maximum Gasteiger partial charge on any atom is 0.0931 e. The molecule has 1 fully saturated rings. The van der Waals surface area contributed by atoms with E-state index in [2.05, 4.69) is 0 Å². The fourth-order valence-electron chi connectivity index (χ4n) is 1.79. The monoisotopic (exact) mass is 322 g/mol. The van der Waals surface area contributed by atoms with Crippen LogP contribution in [0.2, 0.25) is 0 Å². The molecule has 0 aromatic carbocycles. The van der Waals surface area contributed by atoms with E-state index in [1.807, 2.05) is 0 Å². The summed E-state index contributed by atoms with van der Waals surface area (Å²) in [6, 6.07) is 0. The largest absolute Gasteiger partial charge is 0.377 e. The van der Waals surface area contributed by atoms with E-state index >= 15 is 0 Å². The van der Waals surface area contributed by atoms with Gasteiger partial charge >= 0.3 is 0 Å². The lowest BCUT2D eigenvalue weighted by Crippen LogP contribution is -2.32. The van der Waals surface area contributed by atoms with Gasteiger partial charge in [-0.3, -0.25) is 0 Å². The first kappa shape index (κ1) is 19.7. The molecule has 0 spiro atoms. The molecule has 2 unspecified atom stereocenters. The van der Waals surface area contributed by atoms with Gasteiger partial charge in [0.2, 0.25) is 0 Å². The third-order valence-electron chi connectivity index (χ3n) is 3.04. The van der Waals surface area contributed by atoms with Gasteiger partial charge in [-0.15, -0.1) is 0 Å². The van der Waals surface area contributed by atoms with Crippen molar-refractivity contribution >= 4 is 0 Å². The fourth-order valence-corrected chi connectivity index (χ4v) is 1.79. The molecule has 4 N–H and O–H groups in total. The van der Waals surface area contributed by atoms with E-state index in [0.29, 0.717) is 79.2 Å². The molecule has 0 radical (unpaired) electrons. The summed E-state index contributed by atoms with van der Waals surface area (Å²) >= 11 is 0. The number of rotatable bonds is 2. The summed E-state index contributed by atoms with van der Waals surface area (Å²) in [4.78, 5) is 0. The van der Waals surface area contributed by atoms with Gasteiger partial charge in [-0.05, 0) is 0 Å². The summed E-state index contributed by atoms with van der Waals surface area (Å²) < 4.78 is 32.9. The zero-order chi connectivity index (χ0) is 15.9. The molecular formula is C14H30N2O6. The highest BCUT2D eigenvalue weighted by atomic mass is 16.6. The van der Waals surface area contributed by atoms with E-state index in [1.165, 1.54) is 0 Å². The van der Waals surface area contributed by atoms with Crippen molar-refractivity contribution in [2.45, 2.75) is 12.2 Å². The van der Waals surface area contributed by atoms with Crippen LogP contribution in [0, 0.1) is 0 Å². The van der Waals surface area contributed by atoms with Gasteiger partial charge in [0.25, 0.3) is 0 Å². The number of nitrogens with two attached hydrogens (primary N) is 2. The van der Waals surface area contributed by atoms with Crippen LogP contribution >= 0.6 is 0 Å². The van der Waals surface area contributed by atoms with Crippen LogP contribution in [-0.4, -0.2) is 91.4 Å². The second-order valence-corrected chi connectivity index (χ2v) is 4.83. The number of hydrogen-bond donors (Lipinski definition) is 2. The van der Waals surface area contributed by atoms with Gasteiger partial charge in [0.15, 0.2) is 0 Å². The average Bonchev–Trinajstić information content (AvgIpc) is 2.54. The summed E-state index contributed by atoms with van der Waals surface area (Å²) in [6.45, 7) is 5.72. The first-order chi connectivity index (χ1) is 10.9. The van der Waals surface area contributed by atoms with E-state index < -0.39 is 0 Å². The minimum atomic E-state index is -0.118. The van der Waals surface area contributed by atoms with Gasteiger partial charge in [0.1, 0.15) is 0 Å². The molecule has 0 saturated carbocycles. The Morgan fingerprint density at radius 3 is 1.32 bits per heavy atom. The first-order valence-corrected chi connectivity index (χ1v) is 7.81. The Balaban J connectivity index is 2.25. The van der Waals surface area contributed by atoms with Crippen LogP contribution in [-0.2, 0) is 28.4 Å². The standard InChI is InChI=1S/C14H30N2O6/c15-9-13-11-19-3-1-17-5-7-21-14(10-16)12-20-4-2-18-6-8-22-13/h13-14H,1-12,15-16H2. The molecule has 1 rings (SSSR count). The summed E-state index contributed by atoms with van der Waals surface area (Å²) in [5, 5.41) is 0. The molecule has 8 nitrogen and oxygen atoms in total. The highest BCUT2D eigenvalue weighted by Gasteiger charge is 2.09. The molecule has 0 bridgehead atoms. The van der Waals surface area contributed by atoms with Gasteiger partial charge in [0.05, 0.1) is 78.3 Å². The Hall–Kier alpha value is -0.320. The van der Waals surface area contributed by atoms with Gasteiger partial charge in [-0.25, -0.2) is 0 Å². The zero-order valence-electron chi connectivity index (χ0n) is 13.2.